The van der Waals surface area contributed by atoms with Crippen molar-refractivity contribution in [2.75, 3.05) is 11.9 Å². The Bertz CT molecular complexity index is 1670. The van der Waals surface area contributed by atoms with Gasteiger partial charge in [-0.05, 0) is 54.6 Å². The Hall–Kier alpha value is -3.99. The molecule has 38 heavy (non-hydrogen) atoms. The number of anilines is 1. The van der Waals surface area contributed by atoms with Crippen molar-refractivity contribution in [3.63, 3.8) is 0 Å². The first-order valence-electron chi connectivity index (χ1n) is 11.6. The number of benzene rings is 4. The van der Waals surface area contributed by atoms with Crippen LogP contribution in [0, 0.1) is 0 Å². The number of carbonyl (C=O) groups is 1. The minimum absolute atomic E-state index is 0.0114. The zero-order valence-corrected chi connectivity index (χ0v) is 22.0. The maximum Gasteiger partial charge on any atom is 0.294 e. The van der Waals surface area contributed by atoms with E-state index in [-0.39, 0.29) is 26.9 Å². The van der Waals surface area contributed by atoms with Crippen molar-refractivity contribution >= 4 is 55.5 Å². The normalized spacial score (nSPS) is 11.7. The fraction of sp³-hybridized carbons (Fsp3) is 0.148. The van der Waals surface area contributed by atoms with Gasteiger partial charge in [0, 0.05) is 17.1 Å². The number of halogens is 1. The summed E-state index contributed by atoms with van der Waals surface area (Å²) in [5.41, 5.74) is 0.823. The van der Waals surface area contributed by atoms with Gasteiger partial charge in [0.25, 0.3) is 16.0 Å². The molecule has 0 aliphatic carbocycles. The molecule has 0 bridgehead atoms. The van der Waals surface area contributed by atoms with Crippen LogP contribution in [0.15, 0.2) is 81.9 Å². The summed E-state index contributed by atoms with van der Waals surface area (Å²) >= 11 is 6.40. The Morgan fingerprint density at radius 1 is 1.03 bits per heavy atom. The molecule has 4 aromatic carbocycles. The number of phenolic OH excluding ortho intramolecular Hbond substituents is 1. The van der Waals surface area contributed by atoms with Gasteiger partial charge < -0.3 is 15.2 Å². The van der Waals surface area contributed by atoms with Gasteiger partial charge >= 0.3 is 0 Å². The number of rotatable bonds is 8. The Balaban J connectivity index is 1.80. The van der Waals surface area contributed by atoms with Crippen molar-refractivity contribution in [2.24, 2.45) is 10.2 Å². The van der Waals surface area contributed by atoms with Gasteiger partial charge in [-0.3, -0.25) is 9.35 Å². The molecule has 0 atom stereocenters. The van der Waals surface area contributed by atoms with Crippen molar-refractivity contribution in [2.45, 2.75) is 25.2 Å². The smallest absolute Gasteiger partial charge is 0.294 e. The van der Waals surface area contributed by atoms with E-state index < -0.39 is 21.8 Å². The van der Waals surface area contributed by atoms with E-state index in [1.807, 2.05) is 6.92 Å². The van der Waals surface area contributed by atoms with Crippen LogP contribution in [0.4, 0.5) is 17.1 Å². The van der Waals surface area contributed by atoms with Crippen LogP contribution < -0.4 is 10.1 Å². The Morgan fingerprint density at radius 2 is 1.79 bits per heavy atom. The molecule has 0 saturated carbocycles. The summed E-state index contributed by atoms with van der Waals surface area (Å²) in [6.45, 7) is 4.08. The summed E-state index contributed by atoms with van der Waals surface area (Å²) in [6, 6.07) is 17.7. The number of nitrogens with one attached hydrogen (secondary N) is 1. The first-order chi connectivity index (χ1) is 18.1. The number of amides is 1. The number of ether oxygens (including phenoxy) is 1. The molecule has 196 valence electrons. The summed E-state index contributed by atoms with van der Waals surface area (Å²) < 4.78 is 38.5. The lowest BCUT2D eigenvalue weighted by Crippen LogP contribution is -2.12. The van der Waals surface area contributed by atoms with Gasteiger partial charge in [0.05, 0.1) is 22.1 Å². The molecule has 4 rings (SSSR count). The maximum absolute atomic E-state index is 13.2. The van der Waals surface area contributed by atoms with Crippen LogP contribution in [-0.4, -0.2) is 30.6 Å². The lowest BCUT2D eigenvalue weighted by Gasteiger charge is -2.12. The highest BCUT2D eigenvalue weighted by Gasteiger charge is 2.20. The number of azo groups is 1. The zero-order valence-electron chi connectivity index (χ0n) is 20.5. The van der Waals surface area contributed by atoms with E-state index in [2.05, 4.69) is 15.5 Å². The summed E-state index contributed by atoms with van der Waals surface area (Å²) in [4.78, 5) is 12.8. The molecule has 4 aromatic rings. The van der Waals surface area contributed by atoms with Crippen molar-refractivity contribution in [3.05, 3.63) is 82.9 Å². The van der Waals surface area contributed by atoms with Gasteiger partial charge in [-0.15, -0.1) is 10.2 Å². The Labute approximate surface area is 224 Å². The molecule has 11 heteroatoms. The third-order valence-electron chi connectivity index (χ3n) is 5.68. The topological polar surface area (TPSA) is 138 Å². The number of aryl methyl sites for hydroxylation is 1. The van der Waals surface area contributed by atoms with Crippen molar-refractivity contribution in [1.82, 2.24) is 0 Å². The van der Waals surface area contributed by atoms with E-state index >= 15 is 0 Å². The van der Waals surface area contributed by atoms with Crippen LogP contribution in [-0.2, 0) is 16.5 Å². The molecule has 0 saturated heterocycles. The molecule has 0 unspecified atom stereocenters. The first-order valence-corrected chi connectivity index (χ1v) is 13.4. The Kier molecular flexibility index (Phi) is 7.96. The highest BCUT2D eigenvalue weighted by Crippen LogP contribution is 2.41. The number of hydrogen-bond acceptors (Lipinski definition) is 7. The second-order valence-corrected chi connectivity index (χ2v) is 10.0. The van der Waals surface area contributed by atoms with E-state index in [1.165, 1.54) is 12.1 Å². The Morgan fingerprint density at radius 3 is 2.50 bits per heavy atom. The van der Waals surface area contributed by atoms with Crippen LogP contribution in [0.25, 0.3) is 10.8 Å². The lowest BCUT2D eigenvalue weighted by molar-refractivity contribution is 0.102. The maximum atomic E-state index is 13.2. The van der Waals surface area contributed by atoms with Crippen molar-refractivity contribution in [1.29, 1.82) is 0 Å². The van der Waals surface area contributed by atoms with Crippen LogP contribution in [0.3, 0.4) is 0 Å². The number of aromatic hydroxyl groups is 1. The van der Waals surface area contributed by atoms with Gasteiger partial charge in [0.15, 0.2) is 5.75 Å². The molecule has 0 aliphatic rings. The number of nitrogens with zero attached hydrogens (tertiary/aromatic N) is 2. The zero-order chi connectivity index (χ0) is 27.4. The first kappa shape index (κ1) is 27.1. The predicted octanol–water partition coefficient (Wildman–Crippen LogP) is 7.07. The average Bonchev–Trinajstić information content (AvgIpc) is 2.88. The fourth-order valence-electron chi connectivity index (χ4n) is 3.84. The number of carbonyl (C=O) groups excluding carboxylic acids is 1. The van der Waals surface area contributed by atoms with Gasteiger partial charge in [0.2, 0.25) is 0 Å². The monoisotopic (exact) mass is 553 g/mol. The standard InChI is InChI=1S/C27H24ClN3O6S/c1-3-16-12-20(38(34,35)36)15-23(24(16)28)30-31-25-21-11-6-5-8-17(21)13-22(26(25)32)27(33)29-18-9-7-10-19(14-18)37-4-2/h5-15,32H,3-4H2,1-2H3,(H,29,33)(H,34,35,36). The number of hydrogen-bond donors (Lipinski definition) is 3. The van der Waals surface area contributed by atoms with Crippen molar-refractivity contribution < 1.29 is 27.6 Å². The van der Waals surface area contributed by atoms with E-state index in [0.717, 1.165) is 6.07 Å². The van der Waals surface area contributed by atoms with E-state index in [0.29, 0.717) is 40.8 Å². The molecule has 0 spiro atoms. The van der Waals surface area contributed by atoms with Gasteiger partial charge in [-0.1, -0.05) is 48.9 Å². The molecule has 0 fully saturated rings. The van der Waals surface area contributed by atoms with E-state index in [4.69, 9.17) is 16.3 Å². The molecule has 0 radical (unpaired) electrons. The van der Waals surface area contributed by atoms with E-state index in [9.17, 15) is 22.9 Å². The summed E-state index contributed by atoms with van der Waals surface area (Å²) in [5.74, 6) is -0.431. The number of fused-ring (bicyclic) bond motifs is 1. The quantitative estimate of drug-likeness (QED) is 0.157. The molecular weight excluding hydrogens is 530 g/mol. The third kappa shape index (κ3) is 5.77. The largest absolute Gasteiger partial charge is 0.505 e. The molecule has 0 aliphatic heterocycles. The number of phenols is 1. The van der Waals surface area contributed by atoms with Gasteiger partial charge in [-0.2, -0.15) is 8.42 Å². The fourth-order valence-corrected chi connectivity index (χ4v) is 4.68. The van der Waals surface area contributed by atoms with Crippen LogP contribution in [0.1, 0.15) is 29.8 Å². The average molecular weight is 554 g/mol. The predicted molar refractivity (Wildman–Crippen MR) is 146 cm³/mol. The highest BCUT2D eigenvalue weighted by molar-refractivity contribution is 7.85. The summed E-state index contributed by atoms with van der Waals surface area (Å²) in [6.07, 6.45) is 0.374. The molecule has 3 N–H and O–H groups in total. The second kappa shape index (κ2) is 11.2. The second-order valence-electron chi connectivity index (χ2n) is 8.20. The minimum atomic E-state index is -4.53. The molecule has 0 aromatic heterocycles. The minimum Gasteiger partial charge on any atom is -0.505 e. The van der Waals surface area contributed by atoms with E-state index in [1.54, 1.807) is 55.5 Å². The highest BCUT2D eigenvalue weighted by atomic mass is 35.5. The molecule has 9 nitrogen and oxygen atoms in total. The van der Waals surface area contributed by atoms with Crippen molar-refractivity contribution in [3.8, 4) is 11.5 Å². The third-order valence-corrected chi connectivity index (χ3v) is 6.95. The lowest BCUT2D eigenvalue weighted by atomic mass is 10.0. The molecule has 0 heterocycles. The molecular formula is C27H24ClN3O6S. The molecule has 1 amide bonds. The summed E-state index contributed by atoms with van der Waals surface area (Å²) in [7, 11) is -4.53. The van der Waals surface area contributed by atoms with Crippen LogP contribution >= 0.6 is 11.6 Å². The van der Waals surface area contributed by atoms with Crippen LogP contribution in [0.2, 0.25) is 5.02 Å². The van der Waals surface area contributed by atoms with Gasteiger partial charge in [-0.25, -0.2) is 0 Å². The summed E-state index contributed by atoms with van der Waals surface area (Å²) in [5, 5.41) is 23.4. The SMILES string of the molecule is CCOc1cccc(NC(=O)c2cc3ccccc3c(N=Nc3cc(S(=O)(=O)O)cc(CC)c3Cl)c2O)c1. The van der Waals surface area contributed by atoms with Crippen LogP contribution in [0.5, 0.6) is 11.5 Å². The van der Waals surface area contributed by atoms with Gasteiger partial charge in [0.1, 0.15) is 17.1 Å².